The number of hydrogen-bond donors (Lipinski definition) is 2. The number of rotatable bonds is 5. The third-order valence-corrected chi connectivity index (χ3v) is 4.35. The number of nitrogens with two attached hydrogens (primary N) is 1. The number of guanidine groups is 1. The van der Waals surface area contributed by atoms with Crippen LogP contribution >= 0.6 is 0 Å². The monoisotopic (exact) mass is 252 g/mol. The lowest BCUT2D eigenvalue weighted by molar-refractivity contribution is 0.195. The minimum atomic E-state index is 0.632. The highest BCUT2D eigenvalue weighted by molar-refractivity contribution is 5.77. The first-order chi connectivity index (χ1) is 8.74. The van der Waals surface area contributed by atoms with Crippen LogP contribution in [0.1, 0.15) is 39.0 Å². The Morgan fingerprint density at radius 2 is 2.00 bits per heavy atom. The van der Waals surface area contributed by atoms with E-state index >= 15 is 0 Å². The topological polar surface area (TPSA) is 53.6 Å². The van der Waals surface area contributed by atoms with E-state index in [2.05, 4.69) is 22.1 Å². The van der Waals surface area contributed by atoms with Gasteiger partial charge in [-0.15, -0.1) is 0 Å². The van der Waals surface area contributed by atoms with Gasteiger partial charge in [0.25, 0.3) is 0 Å². The molecule has 1 aliphatic heterocycles. The van der Waals surface area contributed by atoms with Gasteiger partial charge in [0.2, 0.25) is 0 Å². The summed E-state index contributed by atoms with van der Waals surface area (Å²) in [4.78, 5) is 6.93. The van der Waals surface area contributed by atoms with Crippen molar-refractivity contribution >= 4 is 5.96 Å². The predicted octanol–water partition coefficient (Wildman–Crippen LogP) is 1.42. The van der Waals surface area contributed by atoms with Gasteiger partial charge in [0.1, 0.15) is 0 Å². The third kappa shape index (κ3) is 4.48. The van der Waals surface area contributed by atoms with Crippen molar-refractivity contribution in [2.45, 2.75) is 39.0 Å². The fraction of sp³-hybridized carbons (Fsp3) is 0.929. The molecule has 0 aromatic rings. The predicted molar refractivity (Wildman–Crippen MR) is 76.7 cm³/mol. The minimum Gasteiger partial charge on any atom is -0.370 e. The van der Waals surface area contributed by atoms with E-state index in [4.69, 9.17) is 5.73 Å². The number of hydrogen-bond acceptors (Lipinski definition) is 2. The van der Waals surface area contributed by atoms with Crippen LogP contribution < -0.4 is 11.1 Å². The Morgan fingerprint density at radius 1 is 1.28 bits per heavy atom. The maximum absolute atomic E-state index is 5.86. The second-order valence-electron chi connectivity index (χ2n) is 5.97. The molecule has 1 saturated carbocycles. The van der Waals surface area contributed by atoms with Gasteiger partial charge in [-0.1, -0.05) is 13.3 Å². The fourth-order valence-corrected chi connectivity index (χ4v) is 2.59. The second kappa shape index (κ2) is 6.98. The van der Waals surface area contributed by atoms with Gasteiger partial charge in [-0.2, -0.15) is 0 Å². The van der Waals surface area contributed by atoms with Gasteiger partial charge in [0.15, 0.2) is 5.96 Å². The van der Waals surface area contributed by atoms with Crippen molar-refractivity contribution in [3.8, 4) is 0 Å². The molecule has 4 nitrogen and oxygen atoms in total. The molecule has 18 heavy (non-hydrogen) atoms. The van der Waals surface area contributed by atoms with E-state index in [1.165, 1.54) is 45.2 Å². The highest BCUT2D eigenvalue weighted by Gasteiger charge is 2.17. The lowest BCUT2D eigenvalue weighted by Crippen LogP contribution is -2.41. The summed E-state index contributed by atoms with van der Waals surface area (Å²) in [6.45, 7) is 7.76. The molecule has 0 radical (unpaired) electrons. The van der Waals surface area contributed by atoms with E-state index in [-0.39, 0.29) is 0 Å². The summed E-state index contributed by atoms with van der Waals surface area (Å²) in [6, 6.07) is 0. The highest BCUT2D eigenvalue weighted by atomic mass is 15.2. The maximum Gasteiger partial charge on any atom is 0.188 e. The van der Waals surface area contributed by atoms with Crippen LogP contribution in [-0.2, 0) is 0 Å². The number of piperidine rings is 1. The second-order valence-corrected chi connectivity index (χ2v) is 5.97. The van der Waals surface area contributed by atoms with Crippen molar-refractivity contribution in [3.63, 3.8) is 0 Å². The van der Waals surface area contributed by atoms with E-state index in [9.17, 15) is 0 Å². The van der Waals surface area contributed by atoms with Crippen molar-refractivity contribution < 1.29 is 0 Å². The average Bonchev–Trinajstić information content (AvgIpc) is 2.30. The molecular weight excluding hydrogens is 224 g/mol. The quantitative estimate of drug-likeness (QED) is 0.575. The lowest BCUT2D eigenvalue weighted by atomic mass is 9.86. The summed E-state index contributed by atoms with van der Waals surface area (Å²) in [5, 5.41) is 3.23. The van der Waals surface area contributed by atoms with Crippen LogP contribution in [0.4, 0.5) is 0 Å². The van der Waals surface area contributed by atoms with Gasteiger partial charge < -0.3 is 16.0 Å². The Bertz CT molecular complexity index is 265. The molecular formula is C14H28N4. The lowest BCUT2D eigenvalue weighted by Gasteiger charge is -2.30. The van der Waals surface area contributed by atoms with E-state index in [0.717, 1.165) is 31.5 Å². The van der Waals surface area contributed by atoms with Gasteiger partial charge in [-0.3, -0.25) is 4.99 Å². The molecule has 0 bridgehead atoms. The van der Waals surface area contributed by atoms with Gasteiger partial charge in [-0.05, 0) is 50.6 Å². The van der Waals surface area contributed by atoms with Crippen LogP contribution in [-0.4, -0.2) is 43.6 Å². The number of likely N-dealkylation sites (tertiary alicyclic amines) is 1. The standard InChI is InChI=1S/C14H28N4/c1-12-5-8-18(9-6-12)10-7-16-14(15)17-11-13-3-2-4-13/h12-13H,2-11H2,1H3,(H3,15,16,17). The molecule has 0 amide bonds. The van der Waals surface area contributed by atoms with Crippen LogP contribution in [0, 0.1) is 11.8 Å². The van der Waals surface area contributed by atoms with Crippen LogP contribution in [0.3, 0.4) is 0 Å². The number of nitrogens with zero attached hydrogens (tertiary/aromatic N) is 2. The highest BCUT2D eigenvalue weighted by Crippen LogP contribution is 2.26. The van der Waals surface area contributed by atoms with Gasteiger partial charge in [0.05, 0.1) is 0 Å². The Balaban J connectivity index is 1.53. The molecule has 0 spiro atoms. The molecule has 2 rings (SSSR count). The molecule has 3 N–H and O–H groups in total. The molecule has 1 saturated heterocycles. The Hall–Kier alpha value is -0.770. The molecule has 1 aliphatic carbocycles. The van der Waals surface area contributed by atoms with Crippen molar-refractivity contribution in [1.82, 2.24) is 10.2 Å². The van der Waals surface area contributed by atoms with E-state index in [0.29, 0.717) is 5.96 Å². The van der Waals surface area contributed by atoms with Crippen molar-refractivity contribution in [2.24, 2.45) is 22.6 Å². The summed E-state index contributed by atoms with van der Waals surface area (Å²) in [5.41, 5.74) is 5.86. The summed E-state index contributed by atoms with van der Waals surface area (Å²) in [6.07, 6.45) is 6.73. The molecule has 4 heteroatoms. The Morgan fingerprint density at radius 3 is 2.61 bits per heavy atom. The van der Waals surface area contributed by atoms with Crippen LogP contribution in [0.15, 0.2) is 4.99 Å². The van der Waals surface area contributed by atoms with Crippen LogP contribution in [0.2, 0.25) is 0 Å². The molecule has 0 aromatic heterocycles. The first kappa shape index (κ1) is 13.7. The first-order valence-corrected chi connectivity index (χ1v) is 7.50. The summed E-state index contributed by atoms with van der Waals surface area (Å²) in [7, 11) is 0. The van der Waals surface area contributed by atoms with Gasteiger partial charge in [0, 0.05) is 19.6 Å². The van der Waals surface area contributed by atoms with Crippen molar-refractivity contribution in [1.29, 1.82) is 0 Å². The average molecular weight is 252 g/mol. The Labute approximate surface area is 111 Å². The molecule has 2 aliphatic rings. The molecule has 104 valence electrons. The van der Waals surface area contributed by atoms with E-state index < -0.39 is 0 Å². The fourth-order valence-electron chi connectivity index (χ4n) is 2.59. The van der Waals surface area contributed by atoms with Crippen LogP contribution in [0.5, 0.6) is 0 Å². The summed E-state index contributed by atoms with van der Waals surface area (Å²) >= 11 is 0. The van der Waals surface area contributed by atoms with E-state index in [1.807, 2.05) is 0 Å². The minimum absolute atomic E-state index is 0.632. The summed E-state index contributed by atoms with van der Waals surface area (Å²) < 4.78 is 0. The molecule has 0 atom stereocenters. The largest absolute Gasteiger partial charge is 0.370 e. The SMILES string of the molecule is CC1CCN(CCNC(N)=NCC2CCC2)CC1. The molecule has 0 unspecified atom stereocenters. The zero-order valence-corrected chi connectivity index (χ0v) is 11.7. The van der Waals surface area contributed by atoms with Crippen molar-refractivity contribution in [3.05, 3.63) is 0 Å². The van der Waals surface area contributed by atoms with Crippen LogP contribution in [0.25, 0.3) is 0 Å². The number of aliphatic imine (C=N–C) groups is 1. The van der Waals surface area contributed by atoms with Crippen molar-refractivity contribution in [2.75, 3.05) is 32.7 Å². The van der Waals surface area contributed by atoms with Gasteiger partial charge >= 0.3 is 0 Å². The number of nitrogens with one attached hydrogen (secondary N) is 1. The first-order valence-electron chi connectivity index (χ1n) is 7.50. The molecule has 0 aromatic carbocycles. The Kier molecular flexibility index (Phi) is 5.29. The maximum atomic E-state index is 5.86. The zero-order valence-electron chi connectivity index (χ0n) is 11.7. The van der Waals surface area contributed by atoms with Gasteiger partial charge in [-0.25, -0.2) is 0 Å². The molecule has 2 fully saturated rings. The smallest absolute Gasteiger partial charge is 0.188 e. The zero-order chi connectivity index (χ0) is 12.8. The van der Waals surface area contributed by atoms with E-state index in [1.54, 1.807) is 0 Å². The summed E-state index contributed by atoms with van der Waals surface area (Å²) in [5.74, 6) is 2.34. The molecule has 1 heterocycles. The third-order valence-electron chi connectivity index (χ3n) is 4.35. The normalized spacial score (nSPS) is 23.9.